The molecule has 1 heterocycles. The molecule has 4 aliphatic carbocycles. The van der Waals surface area contributed by atoms with Crippen molar-refractivity contribution in [2.45, 2.75) is 86.6 Å². The smallest absolute Gasteiger partial charge is 0.480 e. The summed E-state index contributed by atoms with van der Waals surface area (Å²) in [6, 6.07) is 0.974. The predicted octanol–water partition coefficient (Wildman–Crippen LogP) is 3.02. The van der Waals surface area contributed by atoms with Crippen molar-refractivity contribution in [2.24, 2.45) is 0 Å². The van der Waals surface area contributed by atoms with E-state index in [0.717, 1.165) is 0 Å². The van der Waals surface area contributed by atoms with Gasteiger partial charge in [0.1, 0.15) is 18.2 Å². The average Bonchev–Trinajstić information content (AvgIpc) is 2.70. The van der Waals surface area contributed by atoms with E-state index in [0.29, 0.717) is 31.4 Å². The zero-order chi connectivity index (χ0) is 27.7. The van der Waals surface area contributed by atoms with Gasteiger partial charge in [-0.3, -0.25) is 14.3 Å². The van der Waals surface area contributed by atoms with Crippen LogP contribution in [0.25, 0.3) is 0 Å². The van der Waals surface area contributed by atoms with E-state index in [1.54, 1.807) is 0 Å². The molecule has 0 saturated heterocycles. The quantitative estimate of drug-likeness (QED) is 0.446. The molecule has 0 spiro atoms. The summed E-state index contributed by atoms with van der Waals surface area (Å²) >= 11 is 0. The molecular weight excluding hydrogens is 533 g/mol. The van der Waals surface area contributed by atoms with Crippen LogP contribution >= 0.6 is 0 Å². The van der Waals surface area contributed by atoms with E-state index < -0.39 is 71.2 Å². The maximum atomic E-state index is 13.9. The molecule has 0 unspecified atom stereocenters. The van der Waals surface area contributed by atoms with Gasteiger partial charge >= 0.3 is 12.5 Å². The van der Waals surface area contributed by atoms with Crippen molar-refractivity contribution < 1.29 is 59.6 Å². The minimum atomic E-state index is -4.96. The lowest BCUT2D eigenvalue weighted by Crippen LogP contribution is -2.84. The molecule has 38 heavy (non-hydrogen) atoms. The highest BCUT2D eigenvalue weighted by molar-refractivity contribution is 5.84. The van der Waals surface area contributed by atoms with Crippen molar-refractivity contribution in [1.29, 1.82) is 0 Å². The van der Waals surface area contributed by atoms with Gasteiger partial charge in [-0.2, -0.15) is 13.2 Å². The second kappa shape index (κ2) is 8.95. The van der Waals surface area contributed by atoms with Crippen LogP contribution in [0.4, 0.5) is 30.7 Å². The van der Waals surface area contributed by atoms with Gasteiger partial charge in [0.15, 0.2) is 6.10 Å². The number of halogens is 7. The Bertz CT molecular complexity index is 1110. The summed E-state index contributed by atoms with van der Waals surface area (Å²) in [7, 11) is 0. The summed E-state index contributed by atoms with van der Waals surface area (Å²) in [5, 5.41) is 15.9. The molecule has 210 valence electrons. The number of alkyl halides is 6. The highest BCUT2D eigenvalue weighted by atomic mass is 19.4. The SMILES string of the molecule is O=C(COC1CC(OC(F)(F)F)C1)NC12CC(NC(=O)[C@H]3C[C@H](O)c4cc(C(F)(F)F)c(F)cc4O3)(C1)C2. The van der Waals surface area contributed by atoms with Crippen LogP contribution < -0.4 is 15.4 Å². The zero-order valence-corrected chi connectivity index (χ0v) is 19.5. The Morgan fingerprint density at radius 2 is 1.63 bits per heavy atom. The molecule has 1 aromatic rings. The van der Waals surface area contributed by atoms with Crippen LogP contribution in [-0.2, 0) is 25.2 Å². The molecule has 4 fully saturated rings. The van der Waals surface area contributed by atoms with Gasteiger partial charge in [-0.05, 0) is 25.3 Å². The van der Waals surface area contributed by atoms with Crippen LogP contribution in [0.3, 0.4) is 0 Å². The molecule has 8 nitrogen and oxygen atoms in total. The third kappa shape index (κ3) is 5.27. The van der Waals surface area contributed by atoms with Crippen LogP contribution in [0.1, 0.15) is 55.8 Å². The fourth-order valence-corrected chi connectivity index (χ4v) is 5.70. The fraction of sp³-hybridized carbons (Fsp3) is 0.652. The number of ether oxygens (including phenoxy) is 3. The number of fused-ring (bicyclic) bond motifs is 1. The monoisotopic (exact) mass is 556 g/mol. The van der Waals surface area contributed by atoms with Gasteiger partial charge in [-0.1, -0.05) is 0 Å². The maximum Gasteiger partial charge on any atom is 0.522 e. The number of aliphatic hydroxyl groups is 1. The Morgan fingerprint density at radius 3 is 2.24 bits per heavy atom. The molecule has 6 rings (SSSR count). The van der Waals surface area contributed by atoms with Gasteiger partial charge in [0.25, 0.3) is 5.91 Å². The number of hydrogen-bond acceptors (Lipinski definition) is 6. The van der Waals surface area contributed by atoms with E-state index in [4.69, 9.17) is 9.47 Å². The molecule has 0 aromatic heterocycles. The number of aliphatic hydroxyl groups excluding tert-OH is 1. The van der Waals surface area contributed by atoms with Crippen molar-refractivity contribution in [3.8, 4) is 5.75 Å². The number of amides is 2. The molecule has 5 aliphatic rings. The largest absolute Gasteiger partial charge is 0.522 e. The van der Waals surface area contributed by atoms with Crippen LogP contribution in [0, 0.1) is 5.82 Å². The highest BCUT2D eigenvalue weighted by Crippen LogP contribution is 2.60. The summed E-state index contributed by atoms with van der Waals surface area (Å²) in [5.41, 5.74) is -2.98. The summed E-state index contributed by atoms with van der Waals surface area (Å²) < 4.78 is 104. The van der Waals surface area contributed by atoms with Crippen LogP contribution in [0.15, 0.2) is 12.1 Å². The predicted molar refractivity (Wildman–Crippen MR) is 111 cm³/mol. The topological polar surface area (TPSA) is 106 Å². The maximum absolute atomic E-state index is 13.9. The van der Waals surface area contributed by atoms with Crippen molar-refractivity contribution in [1.82, 2.24) is 10.6 Å². The molecule has 1 aliphatic heterocycles. The Hall–Kier alpha value is -2.65. The normalized spacial score (nSPS) is 33.6. The van der Waals surface area contributed by atoms with E-state index in [1.165, 1.54) is 0 Å². The van der Waals surface area contributed by atoms with Crippen LogP contribution in [-0.4, -0.2) is 59.3 Å². The highest BCUT2D eigenvalue weighted by Gasteiger charge is 2.69. The molecule has 1 aromatic carbocycles. The minimum absolute atomic E-state index is 0.0334. The van der Waals surface area contributed by atoms with Gasteiger partial charge in [0, 0.05) is 42.0 Å². The van der Waals surface area contributed by atoms with Crippen molar-refractivity contribution >= 4 is 11.8 Å². The molecule has 2 bridgehead atoms. The van der Waals surface area contributed by atoms with Crippen molar-refractivity contribution in [3.05, 3.63) is 29.1 Å². The standard InChI is InChI=1S/C23H23F7N2O6/c24-14-4-16-12(3-13(14)22(25,26)27)15(33)5-17(37-16)19(35)32-21-7-20(8-21,9-21)31-18(34)6-36-10-1-11(2-10)38-23(28,29)30/h3-4,10-11,15,17,33H,1-2,5-9H2,(H,31,34)(H,32,35)/t10?,11?,15-,17+,20?,21?/m0/s1. The molecule has 2 atom stereocenters. The molecule has 4 saturated carbocycles. The Morgan fingerprint density at radius 1 is 1.00 bits per heavy atom. The average molecular weight is 556 g/mol. The summed E-state index contributed by atoms with van der Waals surface area (Å²) in [5.74, 6) is -3.00. The van der Waals surface area contributed by atoms with E-state index >= 15 is 0 Å². The summed E-state index contributed by atoms with van der Waals surface area (Å²) in [6.45, 7) is -0.329. The number of rotatable bonds is 7. The van der Waals surface area contributed by atoms with Crippen LogP contribution in [0.2, 0.25) is 0 Å². The molecule has 15 heteroatoms. The number of carbonyl (C=O) groups excluding carboxylic acids is 2. The number of hydrogen-bond donors (Lipinski definition) is 3. The van der Waals surface area contributed by atoms with Gasteiger partial charge in [0.05, 0.1) is 23.9 Å². The second-order valence-electron chi connectivity index (χ2n) is 10.4. The van der Waals surface area contributed by atoms with E-state index in [2.05, 4.69) is 15.4 Å². The van der Waals surface area contributed by atoms with E-state index in [-0.39, 0.29) is 37.2 Å². The van der Waals surface area contributed by atoms with E-state index in [9.17, 15) is 45.4 Å². The molecule has 3 N–H and O–H groups in total. The minimum Gasteiger partial charge on any atom is -0.480 e. The van der Waals surface area contributed by atoms with E-state index in [1.807, 2.05) is 0 Å². The van der Waals surface area contributed by atoms with Gasteiger partial charge in [-0.25, -0.2) is 4.39 Å². The number of benzene rings is 1. The Balaban J connectivity index is 1.06. The lowest BCUT2D eigenvalue weighted by Gasteiger charge is -2.70. The lowest BCUT2D eigenvalue weighted by molar-refractivity contribution is -0.357. The second-order valence-corrected chi connectivity index (χ2v) is 10.4. The van der Waals surface area contributed by atoms with Gasteiger partial charge in [-0.15, -0.1) is 13.2 Å². The molecule has 0 radical (unpaired) electrons. The fourth-order valence-electron chi connectivity index (χ4n) is 5.70. The van der Waals surface area contributed by atoms with Crippen molar-refractivity contribution in [2.75, 3.05) is 6.61 Å². The summed E-state index contributed by atoms with van der Waals surface area (Å²) in [6.07, 6.45) is -12.9. The summed E-state index contributed by atoms with van der Waals surface area (Å²) in [4.78, 5) is 24.9. The van der Waals surface area contributed by atoms with Gasteiger partial charge < -0.3 is 25.2 Å². The third-order valence-electron chi connectivity index (χ3n) is 7.39. The van der Waals surface area contributed by atoms with Crippen molar-refractivity contribution in [3.63, 3.8) is 0 Å². The third-order valence-corrected chi connectivity index (χ3v) is 7.39. The molecule has 2 amide bonds. The lowest BCUT2D eigenvalue weighted by atomic mass is 9.44. The number of nitrogens with one attached hydrogen (secondary N) is 2. The first-order chi connectivity index (χ1) is 17.6. The number of carbonyl (C=O) groups is 2. The van der Waals surface area contributed by atoms with Crippen LogP contribution in [0.5, 0.6) is 5.75 Å². The first-order valence-electron chi connectivity index (χ1n) is 11.8. The zero-order valence-electron chi connectivity index (χ0n) is 19.5. The molecular formula is C23H23F7N2O6. The Kier molecular flexibility index (Phi) is 6.34. The Labute approximate surface area is 210 Å². The first kappa shape index (κ1) is 26.9. The first-order valence-corrected chi connectivity index (χ1v) is 11.8. The van der Waals surface area contributed by atoms with Gasteiger partial charge in [0.2, 0.25) is 5.91 Å².